The second kappa shape index (κ2) is 14.2. The lowest BCUT2D eigenvalue weighted by Crippen LogP contribution is -2.55. The van der Waals surface area contributed by atoms with Crippen LogP contribution in [0.1, 0.15) is 54.4 Å². The third-order valence-corrected chi connectivity index (χ3v) is 9.37. The molecular weight excluding hydrogens is 570 g/mol. The molecule has 2 amide bonds. The van der Waals surface area contributed by atoms with Crippen molar-refractivity contribution in [1.29, 1.82) is 0 Å². The van der Waals surface area contributed by atoms with Gasteiger partial charge in [-0.1, -0.05) is 97.1 Å². The molecule has 0 bridgehead atoms. The standard InChI is InChI=1S/C33H40ClN3O4S/c1-24-14-17-27(18-15-24)22-36(32(38)23-37(42(3,40)41)29-19-16-25(2)30(34)21-29)31(20-26-10-6-4-7-11-26)33(39)35-28-12-8-5-9-13-28/h4,6-7,10-11,14-19,21,28,31H,5,8-9,12-13,20,22-23H2,1-3H3,(H,35,39). The van der Waals surface area contributed by atoms with Gasteiger partial charge in [-0.15, -0.1) is 0 Å². The zero-order chi connectivity index (χ0) is 30.3. The summed E-state index contributed by atoms with van der Waals surface area (Å²) in [5.41, 5.74) is 3.92. The number of nitrogens with one attached hydrogen (secondary N) is 1. The van der Waals surface area contributed by atoms with Crippen molar-refractivity contribution in [3.05, 3.63) is 100 Å². The number of halogens is 1. The number of carbonyl (C=O) groups is 2. The second-order valence-corrected chi connectivity index (χ2v) is 13.6. The van der Waals surface area contributed by atoms with E-state index in [0.717, 1.165) is 64.9 Å². The quantitative estimate of drug-likeness (QED) is 0.297. The zero-order valence-corrected chi connectivity index (χ0v) is 26.1. The molecule has 0 saturated heterocycles. The van der Waals surface area contributed by atoms with Crippen LogP contribution in [0.4, 0.5) is 5.69 Å². The first-order chi connectivity index (χ1) is 20.0. The van der Waals surface area contributed by atoms with E-state index in [0.29, 0.717) is 17.1 Å². The highest BCUT2D eigenvalue weighted by molar-refractivity contribution is 7.92. The average Bonchev–Trinajstić information content (AvgIpc) is 2.96. The number of amides is 2. The van der Waals surface area contributed by atoms with Crippen molar-refractivity contribution in [2.45, 2.75) is 71.0 Å². The number of nitrogens with zero attached hydrogens (tertiary/aromatic N) is 2. The summed E-state index contributed by atoms with van der Waals surface area (Å²) >= 11 is 6.33. The Balaban J connectivity index is 1.72. The summed E-state index contributed by atoms with van der Waals surface area (Å²) in [6.45, 7) is 3.50. The molecule has 1 saturated carbocycles. The van der Waals surface area contributed by atoms with E-state index in [1.54, 1.807) is 18.2 Å². The molecule has 1 atom stereocenters. The van der Waals surface area contributed by atoms with Gasteiger partial charge >= 0.3 is 0 Å². The van der Waals surface area contributed by atoms with E-state index in [4.69, 9.17) is 11.6 Å². The Hall–Kier alpha value is -3.36. The fraction of sp³-hybridized carbons (Fsp3) is 0.394. The first-order valence-electron chi connectivity index (χ1n) is 14.4. The van der Waals surface area contributed by atoms with Gasteiger partial charge in [0.15, 0.2) is 0 Å². The average molecular weight is 610 g/mol. The van der Waals surface area contributed by atoms with Gasteiger partial charge in [0.2, 0.25) is 21.8 Å². The number of hydrogen-bond acceptors (Lipinski definition) is 4. The normalized spacial score (nSPS) is 14.7. The second-order valence-electron chi connectivity index (χ2n) is 11.3. The van der Waals surface area contributed by atoms with E-state index in [1.165, 1.54) is 4.90 Å². The van der Waals surface area contributed by atoms with Crippen LogP contribution in [0.25, 0.3) is 0 Å². The number of carbonyl (C=O) groups excluding carboxylic acids is 2. The molecule has 7 nitrogen and oxygen atoms in total. The lowest BCUT2D eigenvalue weighted by Gasteiger charge is -2.35. The summed E-state index contributed by atoms with van der Waals surface area (Å²) in [7, 11) is -3.86. The maximum atomic E-state index is 14.2. The minimum Gasteiger partial charge on any atom is -0.352 e. The fourth-order valence-electron chi connectivity index (χ4n) is 5.34. The van der Waals surface area contributed by atoms with Crippen molar-refractivity contribution in [3.8, 4) is 0 Å². The molecule has 1 unspecified atom stereocenters. The van der Waals surface area contributed by atoms with Gasteiger partial charge in [-0.2, -0.15) is 0 Å². The van der Waals surface area contributed by atoms with Gasteiger partial charge in [-0.3, -0.25) is 13.9 Å². The SMILES string of the molecule is Cc1ccc(CN(C(=O)CN(c2ccc(C)c(Cl)c2)S(C)(=O)=O)C(Cc2ccccc2)C(=O)NC2CCCCC2)cc1. The van der Waals surface area contributed by atoms with Gasteiger partial charge in [-0.05, 0) is 55.5 Å². The third kappa shape index (κ3) is 8.58. The maximum Gasteiger partial charge on any atom is 0.244 e. The monoisotopic (exact) mass is 609 g/mol. The Labute approximate surface area is 254 Å². The molecule has 0 radical (unpaired) electrons. The first-order valence-corrected chi connectivity index (χ1v) is 16.7. The Morgan fingerprint density at radius 1 is 0.929 bits per heavy atom. The minimum absolute atomic E-state index is 0.0584. The summed E-state index contributed by atoms with van der Waals surface area (Å²) in [4.78, 5) is 29.8. The van der Waals surface area contributed by atoms with Crippen molar-refractivity contribution in [1.82, 2.24) is 10.2 Å². The Kier molecular flexibility index (Phi) is 10.7. The van der Waals surface area contributed by atoms with Gasteiger partial charge < -0.3 is 10.2 Å². The van der Waals surface area contributed by atoms with Crippen molar-refractivity contribution in [3.63, 3.8) is 0 Å². The third-order valence-electron chi connectivity index (χ3n) is 7.82. The molecule has 1 N–H and O–H groups in total. The van der Waals surface area contributed by atoms with Crippen molar-refractivity contribution in [2.24, 2.45) is 0 Å². The van der Waals surface area contributed by atoms with Crippen LogP contribution in [0.15, 0.2) is 72.8 Å². The van der Waals surface area contributed by atoms with Crippen LogP contribution >= 0.6 is 11.6 Å². The molecule has 0 spiro atoms. The molecule has 0 heterocycles. The molecule has 1 fully saturated rings. The van der Waals surface area contributed by atoms with E-state index in [-0.39, 0.29) is 18.5 Å². The maximum absolute atomic E-state index is 14.2. The van der Waals surface area contributed by atoms with Crippen LogP contribution in [-0.2, 0) is 32.6 Å². The molecule has 9 heteroatoms. The van der Waals surface area contributed by atoms with E-state index < -0.39 is 28.5 Å². The molecule has 224 valence electrons. The lowest BCUT2D eigenvalue weighted by molar-refractivity contribution is -0.140. The predicted molar refractivity (Wildman–Crippen MR) is 169 cm³/mol. The Morgan fingerprint density at radius 3 is 2.21 bits per heavy atom. The molecule has 42 heavy (non-hydrogen) atoms. The van der Waals surface area contributed by atoms with Crippen LogP contribution in [0.2, 0.25) is 5.02 Å². The van der Waals surface area contributed by atoms with Crippen LogP contribution in [-0.4, -0.2) is 50.0 Å². The summed E-state index contributed by atoms with van der Waals surface area (Å²) in [5, 5.41) is 3.62. The molecule has 4 rings (SSSR count). The number of hydrogen-bond donors (Lipinski definition) is 1. The van der Waals surface area contributed by atoms with Crippen LogP contribution < -0.4 is 9.62 Å². The smallest absolute Gasteiger partial charge is 0.244 e. The van der Waals surface area contributed by atoms with Crippen LogP contribution in [0.5, 0.6) is 0 Å². The molecule has 3 aromatic rings. The van der Waals surface area contributed by atoms with Crippen LogP contribution in [0, 0.1) is 13.8 Å². The van der Waals surface area contributed by atoms with Gasteiger partial charge in [0.1, 0.15) is 12.6 Å². The minimum atomic E-state index is -3.86. The number of aryl methyl sites for hydroxylation is 2. The first kappa shape index (κ1) is 31.6. The highest BCUT2D eigenvalue weighted by Gasteiger charge is 2.34. The van der Waals surface area contributed by atoms with E-state index in [2.05, 4.69) is 5.32 Å². The number of benzene rings is 3. The fourth-order valence-corrected chi connectivity index (χ4v) is 6.36. The number of sulfonamides is 1. The molecule has 0 aromatic heterocycles. The Bertz CT molecular complexity index is 1470. The van der Waals surface area contributed by atoms with Gasteiger partial charge in [-0.25, -0.2) is 8.42 Å². The van der Waals surface area contributed by atoms with E-state index in [9.17, 15) is 18.0 Å². The van der Waals surface area contributed by atoms with Crippen molar-refractivity contribution < 1.29 is 18.0 Å². The van der Waals surface area contributed by atoms with Crippen molar-refractivity contribution >= 4 is 39.1 Å². The number of rotatable bonds is 11. The topological polar surface area (TPSA) is 86.8 Å². The highest BCUT2D eigenvalue weighted by Crippen LogP contribution is 2.26. The summed E-state index contributed by atoms with van der Waals surface area (Å²) in [5.74, 6) is -0.701. The zero-order valence-electron chi connectivity index (χ0n) is 24.6. The van der Waals surface area contributed by atoms with Gasteiger partial charge in [0.05, 0.1) is 11.9 Å². The summed E-state index contributed by atoms with van der Waals surface area (Å²) in [6, 6.07) is 21.5. The van der Waals surface area contributed by atoms with E-state index >= 15 is 0 Å². The molecule has 0 aliphatic heterocycles. The summed E-state index contributed by atoms with van der Waals surface area (Å²) < 4.78 is 27.0. The molecule has 3 aromatic carbocycles. The summed E-state index contributed by atoms with van der Waals surface area (Å²) in [6.07, 6.45) is 6.45. The lowest BCUT2D eigenvalue weighted by atomic mass is 9.94. The van der Waals surface area contributed by atoms with Crippen LogP contribution in [0.3, 0.4) is 0 Å². The Morgan fingerprint density at radius 2 is 1.60 bits per heavy atom. The largest absolute Gasteiger partial charge is 0.352 e. The van der Waals surface area contributed by atoms with Gasteiger partial charge in [0.25, 0.3) is 0 Å². The van der Waals surface area contributed by atoms with E-state index in [1.807, 2.05) is 68.4 Å². The molecule has 1 aliphatic rings. The number of anilines is 1. The van der Waals surface area contributed by atoms with Gasteiger partial charge in [0, 0.05) is 24.0 Å². The molecular formula is C33H40ClN3O4S. The molecule has 1 aliphatic carbocycles. The highest BCUT2D eigenvalue weighted by atomic mass is 35.5. The van der Waals surface area contributed by atoms with Crippen molar-refractivity contribution in [2.75, 3.05) is 17.1 Å². The predicted octanol–water partition coefficient (Wildman–Crippen LogP) is 5.81.